The highest BCUT2D eigenvalue weighted by molar-refractivity contribution is 5.96. The highest BCUT2D eigenvalue weighted by Crippen LogP contribution is 2.19. The SMILES string of the molecule is C[C@H](NC1NC(=O)N(C2CCOCC2)C(=O)N1)c1cccc(-n2cncn2)c1. The lowest BCUT2D eigenvalue weighted by Gasteiger charge is -2.39. The van der Waals surface area contributed by atoms with Gasteiger partial charge in [0, 0.05) is 25.3 Å². The van der Waals surface area contributed by atoms with Gasteiger partial charge >= 0.3 is 12.1 Å². The zero-order valence-corrected chi connectivity index (χ0v) is 15.5. The minimum Gasteiger partial charge on any atom is -0.381 e. The summed E-state index contributed by atoms with van der Waals surface area (Å²) in [6, 6.07) is 6.77. The second kappa shape index (κ2) is 7.95. The number of ether oxygens (including phenoxy) is 1. The third kappa shape index (κ3) is 3.82. The number of nitrogens with one attached hydrogen (secondary N) is 3. The second-order valence-electron chi connectivity index (χ2n) is 6.87. The Bertz CT molecular complexity index is 817. The number of carbonyl (C=O) groups excluding carboxylic acids is 2. The Kier molecular flexibility index (Phi) is 5.22. The number of imide groups is 1. The van der Waals surface area contributed by atoms with Gasteiger partial charge in [-0.1, -0.05) is 12.1 Å². The molecule has 4 rings (SSSR count). The fraction of sp³-hybridized carbons (Fsp3) is 0.444. The third-order valence-electron chi connectivity index (χ3n) is 5.00. The van der Waals surface area contributed by atoms with Gasteiger partial charge in [0.05, 0.1) is 5.69 Å². The van der Waals surface area contributed by atoms with E-state index in [0.717, 1.165) is 11.3 Å². The molecule has 3 N–H and O–H groups in total. The van der Waals surface area contributed by atoms with Crippen LogP contribution in [0.15, 0.2) is 36.9 Å². The molecule has 0 radical (unpaired) electrons. The van der Waals surface area contributed by atoms with Gasteiger partial charge < -0.3 is 15.4 Å². The van der Waals surface area contributed by atoms with E-state index in [0.29, 0.717) is 26.1 Å². The van der Waals surface area contributed by atoms with E-state index < -0.39 is 18.4 Å². The molecule has 1 aromatic carbocycles. The van der Waals surface area contributed by atoms with Crippen molar-refractivity contribution >= 4 is 12.1 Å². The molecule has 10 nitrogen and oxygen atoms in total. The minimum atomic E-state index is -0.652. The number of amides is 4. The average molecular weight is 385 g/mol. The van der Waals surface area contributed by atoms with Gasteiger partial charge in [-0.25, -0.2) is 24.2 Å². The number of rotatable bonds is 5. The van der Waals surface area contributed by atoms with Crippen LogP contribution in [0.3, 0.4) is 0 Å². The predicted octanol–water partition coefficient (Wildman–Crippen LogP) is 1.12. The lowest BCUT2D eigenvalue weighted by atomic mass is 10.1. The van der Waals surface area contributed by atoms with Gasteiger partial charge in [0.2, 0.25) is 0 Å². The Morgan fingerprint density at radius 1 is 1.21 bits per heavy atom. The van der Waals surface area contributed by atoms with Gasteiger partial charge in [-0.15, -0.1) is 0 Å². The van der Waals surface area contributed by atoms with E-state index in [1.54, 1.807) is 11.0 Å². The van der Waals surface area contributed by atoms with Crippen molar-refractivity contribution in [3.63, 3.8) is 0 Å². The summed E-state index contributed by atoms with van der Waals surface area (Å²) in [5, 5.41) is 13.0. The van der Waals surface area contributed by atoms with Crippen LogP contribution in [0.25, 0.3) is 5.69 Å². The smallest absolute Gasteiger partial charge is 0.328 e. The summed E-state index contributed by atoms with van der Waals surface area (Å²) in [5.41, 5.74) is 1.87. The predicted molar refractivity (Wildman–Crippen MR) is 99.4 cm³/mol. The molecular formula is C18H23N7O3. The molecule has 1 aromatic heterocycles. The van der Waals surface area contributed by atoms with Gasteiger partial charge in [-0.3, -0.25) is 5.32 Å². The Labute approximate surface area is 162 Å². The van der Waals surface area contributed by atoms with Gasteiger partial charge in [0.25, 0.3) is 0 Å². The molecule has 2 fully saturated rings. The number of carbonyl (C=O) groups is 2. The molecule has 0 saturated carbocycles. The van der Waals surface area contributed by atoms with Crippen LogP contribution < -0.4 is 16.0 Å². The summed E-state index contributed by atoms with van der Waals surface area (Å²) in [6.45, 7) is 3.08. The fourth-order valence-electron chi connectivity index (χ4n) is 3.50. The Balaban J connectivity index is 1.40. The van der Waals surface area contributed by atoms with E-state index >= 15 is 0 Å². The molecule has 148 valence electrons. The van der Waals surface area contributed by atoms with E-state index in [1.165, 1.54) is 11.2 Å². The highest BCUT2D eigenvalue weighted by atomic mass is 16.5. The van der Waals surface area contributed by atoms with Crippen LogP contribution >= 0.6 is 0 Å². The van der Waals surface area contributed by atoms with E-state index in [2.05, 4.69) is 26.0 Å². The fourth-order valence-corrected chi connectivity index (χ4v) is 3.50. The van der Waals surface area contributed by atoms with Crippen molar-refractivity contribution in [3.05, 3.63) is 42.5 Å². The zero-order chi connectivity index (χ0) is 19.5. The molecule has 0 aliphatic carbocycles. The molecule has 0 unspecified atom stereocenters. The molecule has 28 heavy (non-hydrogen) atoms. The normalized spacial score (nSPS) is 20.0. The first-order valence-electron chi connectivity index (χ1n) is 9.31. The van der Waals surface area contributed by atoms with Crippen molar-refractivity contribution in [1.29, 1.82) is 0 Å². The van der Waals surface area contributed by atoms with Crippen LogP contribution in [0.2, 0.25) is 0 Å². The standard InChI is InChI=1S/C18H23N7O3/c1-12(13-3-2-4-15(9-13)24-11-19-10-20-24)21-16-22-17(26)25(18(27)23-16)14-5-7-28-8-6-14/h2-4,9-12,14,16,21H,5-8H2,1H3,(H,22,26)(H,23,27)/t12-/m0/s1. The van der Waals surface area contributed by atoms with E-state index in [9.17, 15) is 9.59 Å². The van der Waals surface area contributed by atoms with E-state index in [-0.39, 0.29) is 12.1 Å². The maximum Gasteiger partial charge on any atom is 0.328 e. The lowest BCUT2D eigenvalue weighted by Crippen LogP contribution is -2.70. The lowest BCUT2D eigenvalue weighted by molar-refractivity contribution is 0.0492. The van der Waals surface area contributed by atoms with E-state index in [1.807, 2.05) is 31.2 Å². The Hall–Kier alpha value is -2.98. The first-order chi connectivity index (χ1) is 13.6. The number of urea groups is 2. The molecule has 10 heteroatoms. The molecule has 0 bridgehead atoms. The van der Waals surface area contributed by atoms with Crippen LogP contribution in [0.1, 0.15) is 31.4 Å². The van der Waals surface area contributed by atoms with Crippen LogP contribution in [-0.2, 0) is 4.74 Å². The Morgan fingerprint density at radius 3 is 2.64 bits per heavy atom. The monoisotopic (exact) mass is 385 g/mol. The van der Waals surface area contributed by atoms with Crippen molar-refractivity contribution in [3.8, 4) is 5.69 Å². The first-order valence-corrected chi connectivity index (χ1v) is 9.31. The molecule has 2 aliphatic rings. The summed E-state index contributed by atoms with van der Waals surface area (Å²) < 4.78 is 6.98. The van der Waals surface area contributed by atoms with Crippen LogP contribution in [0, 0.1) is 0 Å². The highest BCUT2D eigenvalue weighted by Gasteiger charge is 2.37. The van der Waals surface area contributed by atoms with Crippen molar-refractivity contribution in [2.45, 2.75) is 38.1 Å². The molecule has 2 saturated heterocycles. The van der Waals surface area contributed by atoms with E-state index in [4.69, 9.17) is 4.74 Å². The summed E-state index contributed by atoms with van der Waals surface area (Å²) in [5.74, 6) is 0. The topological polar surface area (TPSA) is 113 Å². The van der Waals surface area contributed by atoms with Crippen LogP contribution in [0.4, 0.5) is 9.59 Å². The van der Waals surface area contributed by atoms with Crippen LogP contribution in [0.5, 0.6) is 0 Å². The number of benzene rings is 1. The minimum absolute atomic E-state index is 0.122. The largest absolute Gasteiger partial charge is 0.381 e. The summed E-state index contributed by atoms with van der Waals surface area (Å²) >= 11 is 0. The van der Waals surface area contributed by atoms with Gasteiger partial charge in [-0.05, 0) is 37.5 Å². The summed E-state index contributed by atoms with van der Waals surface area (Å²) in [7, 11) is 0. The molecular weight excluding hydrogens is 362 g/mol. The van der Waals surface area contributed by atoms with Gasteiger partial charge in [0.15, 0.2) is 6.29 Å². The van der Waals surface area contributed by atoms with Crippen molar-refractivity contribution in [2.75, 3.05) is 13.2 Å². The van der Waals surface area contributed by atoms with Crippen molar-refractivity contribution in [1.82, 2.24) is 35.6 Å². The molecule has 3 heterocycles. The van der Waals surface area contributed by atoms with Crippen molar-refractivity contribution < 1.29 is 14.3 Å². The number of aromatic nitrogens is 3. The second-order valence-corrected chi connectivity index (χ2v) is 6.87. The van der Waals surface area contributed by atoms with Crippen LogP contribution in [-0.4, -0.2) is 57.3 Å². The summed E-state index contributed by atoms with van der Waals surface area (Å²) in [4.78, 5) is 30.2. The Morgan fingerprint density at radius 2 is 1.96 bits per heavy atom. The number of hydrogen-bond acceptors (Lipinski definition) is 6. The maximum absolute atomic E-state index is 12.5. The number of hydrogen-bond donors (Lipinski definition) is 3. The molecule has 2 aliphatic heterocycles. The number of nitrogens with zero attached hydrogens (tertiary/aromatic N) is 4. The summed E-state index contributed by atoms with van der Waals surface area (Å²) in [6.07, 6.45) is 3.77. The zero-order valence-electron chi connectivity index (χ0n) is 15.5. The van der Waals surface area contributed by atoms with Gasteiger partial charge in [-0.2, -0.15) is 5.10 Å². The van der Waals surface area contributed by atoms with Crippen molar-refractivity contribution in [2.24, 2.45) is 0 Å². The molecule has 0 spiro atoms. The maximum atomic E-state index is 12.5. The van der Waals surface area contributed by atoms with Gasteiger partial charge in [0.1, 0.15) is 12.7 Å². The molecule has 2 aromatic rings. The average Bonchev–Trinajstić information content (AvgIpc) is 3.23. The first kappa shape index (κ1) is 18.4. The molecule has 1 atom stereocenters. The third-order valence-corrected chi connectivity index (χ3v) is 5.00. The molecule has 4 amide bonds. The quantitative estimate of drug-likeness (QED) is 0.711.